The van der Waals surface area contributed by atoms with Crippen LogP contribution in [0, 0.1) is 5.92 Å². The Morgan fingerprint density at radius 1 is 1.27 bits per heavy atom. The van der Waals surface area contributed by atoms with E-state index in [1.54, 1.807) is 4.90 Å². The minimum Gasteiger partial charge on any atom is -0.341 e. The summed E-state index contributed by atoms with van der Waals surface area (Å²) >= 11 is 0. The zero-order valence-electron chi connectivity index (χ0n) is 15.9. The van der Waals surface area contributed by atoms with Crippen molar-refractivity contribution in [1.29, 1.82) is 0 Å². The van der Waals surface area contributed by atoms with Gasteiger partial charge in [-0.05, 0) is 17.9 Å². The Morgan fingerprint density at radius 3 is 2.73 bits per heavy atom. The van der Waals surface area contributed by atoms with E-state index in [2.05, 4.69) is 41.4 Å². The summed E-state index contributed by atoms with van der Waals surface area (Å²) in [5.41, 5.74) is 1.33. The Labute approximate surface area is 156 Å². The van der Waals surface area contributed by atoms with Gasteiger partial charge in [-0.25, -0.2) is 0 Å². The summed E-state index contributed by atoms with van der Waals surface area (Å²) in [5, 5.41) is 3.04. The van der Waals surface area contributed by atoms with Crippen LogP contribution in [0.1, 0.15) is 18.9 Å². The number of hydrogen-bond donors (Lipinski definition) is 1. The standard InChI is InChI=1S/C20H30N4O2/c1-16-13-23(14-17-6-4-3-5-7-17)10-8-18(16)22(2)20(26)15-24-11-9-21-12-19(24)25/h3-7,16,18,21H,8-15H2,1-2H3/t16-,18-/m0/s1. The number of likely N-dealkylation sites (tertiary alicyclic amines) is 1. The average Bonchev–Trinajstić information content (AvgIpc) is 2.64. The van der Waals surface area contributed by atoms with Crippen molar-refractivity contribution < 1.29 is 9.59 Å². The lowest BCUT2D eigenvalue weighted by atomic mass is 9.92. The molecule has 0 bridgehead atoms. The number of piperidine rings is 1. The smallest absolute Gasteiger partial charge is 0.242 e. The van der Waals surface area contributed by atoms with Crippen molar-refractivity contribution in [1.82, 2.24) is 20.0 Å². The number of amides is 2. The highest BCUT2D eigenvalue weighted by molar-refractivity contribution is 5.86. The number of likely N-dealkylation sites (N-methyl/N-ethyl adjacent to an activating group) is 1. The molecular weight excluding hydrogens is 328 g/mol. The number of carbonyl (C=O) groups excluding carboxylic acids is 2. The summed E-state index contributed by atoms with van der Waals surface area (Å²) in [6, 6.07) is 10.8. The highest BCUT2D eigenvalue weighted by atomic mass is 16.2. The molecule has 142 valence electrons. The van der Waals surface area contributed by atoms with Crippen LogP contribution in [0.5, 0.6) is 0 Å². The quantitative estimate of drug-likeness (QED) is 0.845. The normalized spacial score (nSPS) is 24.5. The van der Waals surface area contributed by atoms with Crippen molar-refractivity contribution in [3.8, 4) is 0 Å². The first-order valence-corrected chi connectivity index (χ1v) is 9.55. The van der Waals surface area contributed by atoms with Crippen LogP contribution in [0.2, 0.25) is 0 Å². The van der Waals surface area contributed by atoms with Crippen LogP contribution >= 0.6 is 0 Å². The molecule has 2 aliphatic rings. The lowest BCUT2D eigenvalue weighted by Crippen LogP contribution is -2.55. The van der Waals surface area contributed by atoms with E-state index in [-0.39, 0.29) is 24.4 Å². The molecule has 6 heteroatoms. The van der Waals surface area contributed by atoms with Crippen LogP contribution in [0.25, 0.3) is 0 Å². The molecule has 0 aromatic heterocycles. The molecule has 1 N–H and O–H groups in total. The molecule has 2 atom stereocenters. The van der Waals surface area contributed by atoms with Crippen LogP contribution in [-0.2, 0) is 16.1 Å². The van der Waals surface area contributed by atoms with Gasteiger partial charge in [-0.1, -0.05) is 37.3 Å². The molecule has 2 amide bonds. The Kier molecular flexibility index (Phi) is 6.27. The second-order valence-electron chi connectivity index (χ2n) is 7.55. The van der Waals surface area contributed by atoms with Crippen molar-refractivity contribution in [2.24, 2.45) is 5.92 Å². The topological polar surface area (TPSA) is 55.9 Å². The fourth-order valence-electron chi connectivity index (χ4n) is 4.05. The maximum Gasteiger partial charge on any atom is 0.242 e. The number of benzene rings is 1. The molecule has 2 aliphatic heterocycles. The van der Waals surface area contributed by atoms with E-state index in [1.165, 1.54) is 5.56 Å². The van der Waals surface area contributed by atoms with Gasteiger partial charge in [-0.15, -0.1) is 0 Å². The van der Waals surface area contributed by atoms with E-state index in [9.17, 15) is 9.59 Å². The van der Waals surface area contributed by atoms with Crippen molar-refractivity contribution in [3.63, 3.8) is 0 Å². The molecule has 3 rings (SSSR count). The third kappa shape index (κ3) is 4.62. The molecule has 2 fully saturated rings. The predicted molar refractivity (Wildman–Crippen MR) is 102 cm³/mol. The minimum atomic E-state index is 0.0173. The van der Waals surface area contributed by atoms with Crippen LogP contribution in [0.3, 0.4) is 0 Å². The highest BCUT2D eigenvalue weighted by Gasteiger charge is 2.32. The van der Waals surface area contributed by atoms with Crippen LogP contribution in [0.4, 0.5) is 0 Å². The fraction of sp³-hybridized carbons (Fsp3) is 0.600. The van der Waals surface area contributed by atoms with E-state index < -0.39 is 0 Å². The van der Waals surface area contributed by atoms with Crippen molar-refractivity contribution >= 4 is 11.8 Å². The molecule has 1 aromatic rings. The van der Waals surface area contributed by atoms with Gasteiger partial charge in [0.1, 0.15) is 0 Å². The zero-order chi connectivity index (χ0) is 18.5. The van der Waals surface area contributed by atoms with Crippen LogP contribution in [0.15, 0.2) is 30.3 Å². The minimum absolute atomic E-state index is 0.0173. The number of nitrogens with zero attached hydrogens (tertiary/aromatic N) is 3. The Morgan fingerprint density at radius 2 is 2.04 bits per heavy atom. The zero-order valence-corrected chi connectivity index (χ0v) is 15.9. The van der Waals surface area contributed by atoms with Gasteiger partial charge in [0.15, 0.2) is 0 Å². The summed E-state index contributed by atoms with van der Waals surface area (Å²) < 4.78 is 0. The van der Waals surface area contributed by atoms with Gasteiger partial charge >= 0.3 is 0 Å². The molecule has 0 saturated carbocycles. The van der Waals surface area contributed by atoms with E-state index in [1.807, 2.05) is 18.0 Å². The Hall–Kier alpha value is -1.92. The number of carbonyl (C=O) groups is 2. The molecule has 2 saturated heterocycles. The third-order valence-corrected chi connectivity index (χ3v) is 5.60. The summed E-state index contributed by atoms with van der Waals surface area (Å²) in [6.07, 6.45) is 0.978. The van der Waals surface area contributed by atoms with E-state index >= 15 is 0 Å². The molecule has 2 heterocycles. The van der Waals surface area contributed by atoms with E-state index in [0.29, 0.717) is 19.0 Å². The van der Waals surface area contributed by atoms with Crippen molar-refractivity contribution in [3.05, 3.63) is 35.9 Å². The number of piperazine rings is 1. The number of nitrogens with one attached hydrogen (secondary N) is 1. The predicted octanol–water partition coefficient (Wildman–Crippen LogP) is 0.787. The van der Waals surface area contributed by atoms with E-state index in [0.717, 1.165) is 32.6 Å². The van der Waals surface area contributed by atoms with Gasteiger partial charge in [0, 0.05) is 45.8 Å². The molecule has 0 unspecified atom stereocenters. The second-order valence-corrected chi connectivity index (χ2v) is 7.55. The van der Waals surface area contributed by atoms with Crippen molar-refractivity contribution in [2.45, 2.75) is 25.9 Å². The molecule has 26 heavy (non-hydrogen) atoms. The third-order valence-electron chi connectivity index (χ3n) is 5.60. The molecule has 1 aromatic carbocycles. The molecule has 6 nitrogen and oxygen atoms in total. The lowest BCUT2D eigenvalue weighted by molar-refractivity contribution is -0.142. The summed E-state index contributed by atoms with van der Waals surface area (Å²) in [6.45, 7) is 7.09. The first-order chi connectivity index (χ1) is 12.5. The van der Waals surface area contributed by atoms with Crippen molar-refractivity contribution in [2.75, 3.05) is 46.3 Å². The maximum atomic E-state index is 12.7. The van der Waals surface area contributed by atoms with Gasteiger partial charge < -0.3 is 15.1 Å². The van der Waals surface area contributed by atoms with Gasteiger partial charge in [0.25, 0.3) is 0 Å². The maximum absolute atomic E-state index is 12.7. The molecular formula is C20H30N4O2. The van der Waals surface area contributed by atoms with Crippen LogP contribution in [-0.4, -0.2) is 78.9 Å². The average molecular weight is 358 g/mol. The van der Waals surface area contributed by atoms with E-state index in [4.69, 9.17) is 0 Å². The monoisotopic (exact) mass is 358 g/mol. The molecule has 0 aliphatic carbocycles. The summed E-state index contributed by atoms with van der Waals surface area (Å²) in [4.78, 5) is 30.6. The Balaban J connectivity index is 1.51. The van der Waals surface area contributed by atoms with Crippen LogP contribution < -0.4 is 5.32 Å². The molecule has 0 spiro atoms. The lowest BCUT2D eigenvalue weighted by Gasteiger charge is -2.42. The first-order valence-electron chi connectivity index (χ1n) is 9.55. The fourth-order valence-corrected chi connectivity index (χ4v) is 4.05. The van der Waals surface area contributed by atoms with Gasteiger partial charge in [-0.3, -0.25) is 14.5 Å². The molecule has 0 radical (unpaired) electrons. The SMILES string of the molecule is C[C@H]1CN(Cc2ccccc2)CC[C@@H]1N(C)C(=O)CN1CCNCC1=O. The first kappa shape index (κ1) is 18.9. The van der Waals surface area contributed by atoms with Gasteiger partial charge in [0.05, 0.1) is 13.1 Å². The van der Waals surface area contributed by atoms with Gasteiger partial charge in [0.2, 0.25) is 11.8 Å². The summed E-state index contributed by atoms with van der Waals surface area (Å²) in [5.74, 6) is 0.484. The largest absolute Gasteiger partial charge is 0.341 e. The van der Waals surface area contributed by atoms with Gasteiger partial charge in [-0.2, -0.15) is 0 Å². The summed E-state index contributed by atoms with van der Waals surface area (Å²) in [7, 11) is 1.89. The number of hydrogen-bond acceptors (Lipinski definition) is 4. The number of rotatable bonds is 5. The highest BCUT2D eigenvalue weighted by Crippen LogP contribution is 2.23. The Bertz CT molecular complexity index is 621. The second kappa shape index (κ2) is 8.64.